The Morgan fingerprint density at radius 3 is 2.39 bits per heavy atom. The molecule has 18 heavy (non-hydrogen) atoms. The van der Waals surface area contributed by atoms with E-state index in [0.29, 0.717) is 5.92 Å². The van der Waals surface area contributed by atoms with Gasteiger partial charge in [0.2, 0.25) is 0 Å². The molecule has 1 fully saturated rings. The summed E-state index contributed by atoms with van der Waals surface area (Å²) in [7, 11) is 2.17. The number of benzene rings is 1. The lowest BCUT2D eigenvalue weighted by Crippen LogP contribution is -2.29. The minimum absolute atomic E-state index is 0.0123. The Bertz CT molecular complexity index is 417. The fourth-order valence-corrected chi connectivity index (χ4v) is 2.82. The fourth-order valence-electron chi connectivity index (χ4n) is 2.82. The van der Waals surface area contributed by atoms with Gasteiger partial charge in [0.05, 0.1) is 0 Å². The van der Waals surface area contributed by atoms with Gasteiger partial charge < -0.3 is 4.90 Å². The second-order valence-corrected chi connectivity index (χ2v) is 5.97. The number of hydrogen-bond donors (Lipinski definition) is 0. The quantitative estimate of drug-likeness (QED) is 0.764. The van der Waals surface area contributed by atoms with E-state index in [2.05, 4.69) is 37.9 Å². The Morgan fingerprint density at radius 2 is 1.83 bits per heavy atom. The van der Waals surface area contributed by atoms with Crippen LogP contribution in [-0.2, 0) is 0 Å². The van der Waals surface area contributed by atoms with E-state index < -0.39 is 0 Å². The van der Waals surface area contributed by atoms with Gasteiger partial charge in [-0.3, -0.25) is 0 Å². The van der Waals surface area contributed by atoms with Crippen molar-refractivity contribution >= 4 is 0 Å². The highest BCUT2D eigenvalue weighted by atomic mass is 19.1. The maximum Gasteiger partial charge on any atom is 0.129 e. The largest absolute Gasteiger partial charge is 0.306 e. The topological polar surface area (TPSA) is 3.24 Å². The molecule has 0 atom stereocenters. The van der Waals surface area contributed by atoms with Crippen LogP contribution in [0, 0.1) is 12.7 Å². The Balaban J connectivity index is 2.28. The summed E-state index contributed by atoms with van der Waals surface area (Å²) in [5.41, 5.74) is 3.02. The van der Waals surface area contributed by atoms with Gasteiger partial charge in [-0.1, -0.05) is 26.0 Å². The molecule has 2 rings (SSSR count). The van der Waals surface area contributed by atoms with Gasteiger partial charge in [0, 0.05) is 0 Å². The van der Waals surface area contributed by atoms with E-state index >= 15 is 0 Å². The molecule has 0 radical (unpaired) electrons. The first-order valence-corrected chi connectivity index (χ1v) is 6.97. The van der Waals surface area contributed by atoms with Crippen LogP contribution in [0.4, 0.5) is 4.39 Å². The van der Waals surface area contributed by atoms with Crippen molar-refractivity contribution in [1.29, 1.82) is 0 Å². The number of hydrogen-bond acceptors (Lipinski definition) is 1. The lowest BCUT2D eigenvalue weighted by molar-refractivity contribution is 0.255. The van der Waals surface area contributed by atoms with E-state index in [4.69, 9.17) is 0 Å². The van der Waals surface area contributed by atoms with Crippen molar-refractivity contribution in [3.8, 4) is 0 Å². The Labute approximate surface area is 110 Å². The maximum absolute atomic E-state index is 14.1. The van der Waals surface area contributed by atoms with Crippen LogP contribution in [0.5, 0.6) is 0 Å². The predicted octanol–water partition coefficient (Wildman–Crippen LogP) is 4.07. The monoisotopic (exact) mass is 249 g/mol. The molecule has 0 unspecified atom stereocenters. The molecule has 0 aromatic heterocycles. The van der Waals surface area contributed by atoms with Crippen LogP contribution in [0.3, 0.4) is 0 Å². The minimum Gasteiger partial charge on any atom is -0.306 e. The lowest BCUT2D eigenvalue weighted by Gasteiger charge is -2.30. The molecule has 1 nitrogen and oxygen atoms in total. The predicted molar refractivity (Wildman–Crippen MR) is 74.7 cm³/mol. The highest BCUT2D eigenvalue weighted by Crippen LogP contribution is 2.32. The van der Waals surface area contributed by atoms with Crippen LogP contribution in [0.15, 0.2) is 12.1 Å². The van der Waals surface area contributed by atoms with Gasteiger partial charge in [0.1, 0.15) is 5.82 Å². The fraction of sp³-hybridized carbons (Fsp3) is 0.625. The molecule has 100 valence electrons. The number of piperidine rings is 1. The molecule has 1 aliphatic rings. The summed E-state index contributed by atoms with van der Waals surface area (Å²) in [4.78, 5) is 2.37. The third-order valence-electron chi connectivity index (χ3n) is 4.12. The molecule has 0 spiro atoms. The van der Waals surface area contributed by atoms with E-state index in [1.807, 2.05) is 6.92 Å². The van der Waals surface area contributed by atoms with E-state index in [0.717, 1.165) is 24.2 Å². The summed E-state index contributed by atoms with van der Waals surface area (Å²) in [6, 6.07) is 4.15. The van der Waals surface area contributed by atoms with Crippen LogP contribution in [-0.4, -0.2) is 25.0 Å². The smallest absolute Gasteiger partial charge is 0.129 e. The van der Waals surface area contributed by atoms with E-state index in [9.17, 15) is 4.39 Å². The summed E-state index contributed by atoms with van der Waals surface area (Å²) in [5, 5.41) is 0. The van der Waals surface area contributed by atoms with Crippen molar-refractivity contribution in [2.45, 2.75) is 45.4 Å². The number of nitrogens with zero attached hydrogens (tertiary/aromatic N) is 1. The van der Waals surface area contributed by atoms with Crippen molar-refractivity contribution in [3.05, 3.63) is 34.6 Å². The average Bonchev–Trinajstić information content (AvgIpc) is 2.33. The summed E-state index contributed by atoms with van der Waals surface area (Å²) in [5.74, 6) is 0.856. The molecule has 0 amide bonds. The SMILES string of the molecule is Cc1cc(C2CCN(C)CC2)cc(C(C)C)c1F. The minimum atomic E-state index is -0.0123. The zero-order valence-electron chi connectivity index (χ0n) is 12.0. The highest BCUT2D eigenvalue weighted by Gasteiger charge is 2.20. The van der Waals surface area contributed by atoms with Gasteiger partial charge in [-0.15, -0.1) is 0 Å². The molecule has 1 saturated heterocycles. The third kappa shape index (κ3) is 2.74. The first-order valence-electron chi connectivity index (χ1n) is 6.97. The molecule has 1 aliphatic heterocycles. The Morgan fingerprint density at radius 1 is 1.22 bits per heavy atom. The standard InChI is InChI=1S/C16H24FN/c1-11(2)15-10-14(9-12(3)16(15)17)13-5-7-18(4)8-6-13/h9-11,13H,5-8H2,1-4H3. The first kappa shape index (κ1) is 13.5. The van der Waals surface area contributed by atoms with Crippen LogP contribution < -0.4 is 0 Å². The number of likely N-dealkylation sites (tertiary alicyclic amines) is 1. The zero-order valence-corrected chi connectivity index (χ0v) is 12.0. The summed E-state index contributed by atoms with van der Waals surface area (Å²) < 4.78 is 14.1. The molecule has 0 aliphatic carbocycles. The van der Waals surface area contributed by atoms with Crippen molar-refractivity contribution in [2.75, 3.05) is 20.1 Å². The van der Waals surface area contributed by atoms with Gasteiger partial charge in [-0.2, -0.15) is 0 Å². The molecule has 0 saturated carbocycles. The molecule has 1 aromatic carbocycles. The second-order valence-electron chi connectivity index (χ2n) is 5.97. The van der Waals surface area contributed by atoms with Crippen LogP contribution in [0.1, 0.15) is 55.2 Å². The van der Waals surface area contributed by atoms with Crippen molar-refractivity contribution < 1.29 is 4.39 Å². The Hall–Kier alpha value is -0.890. The van der Waals surface area contributed by atoms with E-state index in [1.54, 1.807) is 0 Å². The molecular formula is C16H24FN. The normalized spacial score (nSPS) is 18.6. The molecule has 2 heteroatoms. The van der Waals surface area contributed by atoms with Gasteiger partial charge in [0.15, 0.2) is 0 Å². The van der Waals surface area contributed by atoms with Crippen LogP contribution in [0.25, 0.3) is 0 Å². The number of halogens is 1. The zero-order chi connectivity index (χ0) is 13.3. The molecular weight excluding hydrogens is 225 g/mol. The number of rotatable bonds is 2. The first-order chi connectivity index (χ1) is 8.49. The average molecular weight is 249 g/mol. The highest BCUT2D eigenvalue weighted by molar-refractivity contribution is 5.35. The van der Waals surface area contributed by atoms with Crippen LogP contribution >= 0.6 is 0 Å². The van der Waals surface area contributed by atoms with Crippen LogP contribution in [0.2, 0.25) is 0 Å². The maximum atomic E-state index is 14.1. The molecule has 1 heterocycles. The van der Waals surface area contributed by atoms with Gasteiger partial charge >= 0.3 is 0 Å². The molecule has 0 N–H and O–H groups in total. The summed E-state index contributed by atoms with van der Waals surface area (Å²) in [6.07, 6.45) is 2.39. The van der Waals surface area contributed by atoms with E-state index in [-0.39, 0.29) is 11.7 Å². The number of aryl methyl sites for hydroxylation is 1. The van der Waals surface area contributed by atoms with E-state index in [1.165, 1.54) is 18.4 Å². The van der Waals surface area contributed by atoms with Crippen molar-refractivity contribution in [2.24, 2.45) is 0 Å². The van der Waals surface area contributed by atoms with Crippen molar-refractivity contribution in [1.82, 2.24) is 4.90 Å². The molecule has 0 bridgehead atoms. The summed E-state index contributed by atoms with van der Waals surface area (Å²) in [6.45, 7) is 8.32. The lowest BCUT2D eigenvalue weighted by atomic mass is 9.86. The second kappa shape index (κ2) is 5.40. The molecule has 1 aromatic rings. The third-order valence-corrected chi connectivity index (χ3v) is 4.12. The van der Waals surface area contributed by atoms with Gasteiger partial charge in [-0.05, 0) is 68.4 Å². The van der Waals surface area contributed by atoms with Crippen molar-refractivity contribution in [3.63, 3.8) is 0 Å². The van der Waals surface area contributed by atoms with Gasteiger partial charge in [-0.25, -0.2) is 4.39 Å². The summed E-state index contributed by atoms with van der Waals surface area (Å²) >= 11 is 0. The van der Waals surface area contributed by atoms with Gasteiger partial charge in [0.25, 0.3) is 0 Å². The Kier molecular flexibility index (Phi) is 4.06.